The van der Waals surface area contributed by atoms with Gasteiger partial charge in [0.2, 0.25) is 0 Å². The number of nitrogens with one attached hydrogen (secondary N) is 1. The smallest absolute Gasteiger partial charge is 0.255 e. The predicted octanol–water partition coefficient (Wildman–Crippen LogP) is 4.13. The molecule has 3 rings (SSSR count). The van der Waals surface area contributed by atoms with Crippen LogP contribution in [-0.2, 0) is 5.88 Å². The molecule has 0 aliphatic heterocycles. The Morgan fingerprint density at radius 2 is 2.14 bits per heavy atom. The molecule has 1 heterocycles. The normalized spacial score (nSPS) is 10.8. The summed E-state index contributed by atoms with van der Waals surface area (Å²) in [6, 6.07) is 12.6. The van der Waals surface area contributed by atoms with Crippen LogP contribution in [0, 0.1) is 6.92 Å². The lowest BCUT2D eigenvalue weighted by molar-refractivity contribution is 0.102. The van der Waals surface area contributed by atoms with Gasteiger partial charge in [0.25, 0.3) is 5.91 Å². The molecule has 0 aliphatic rings. The molecule has 1 amide bonds. The number of amides is 1. The van der Waals surface area contributed by atoms with Crippen LogP contribution in [0.1, 0.15) is 21.8 Å². The number of nitrogens with zero attached hydrogens (tertiary/aromatic N) is 1. The Morgan fingerprint density at radius 1 is 1.29 bits per heavy atom. The topological polar surface area (TPSA) is 55.1 Å². The van der Waals surface area contributed by atoms with Crippen LogP contribution in [0.2, 0.25) is 0 Å². The van der Waals surface area contributed by atoms with Crippen LogP contribution in [0.25, 0.3) is 11.1 Å². The van der Waals surface area contributed by atoms with Crippen molar-refractivity contribution in [1.82, 2.24) is 4.98 Å². The van der Waals surface area contributed by atoms with Crippen LogP contribution in [0.15, 0.2) is 46.9 Å². The van der Waals surface area contributed by atoms with Gasteiger partial charge in [-0.3, -0.25) is 4.79 Å². The van der Waals surface area contributed by atoms with Crippen LogP contribution in [-0.4, -0.2) is 10.9 Å². The van der Waals surface area contributed by atoms with Crippen LogP contribution < -0.4 is 5.32 Å². The summed E-state index contributed by atoms with van der Waals surface area (Å²) in [7, 11) is 0. The van der Waals surface area contributed by atoms with Gasteiger partial charge in [-0.15, -0.1) is 11.6 Å². The standard InChI is InChI=1S/C16H13ClN2O2/c1-10-18-14-8-13(5-6-15(14)21-10)19-16(20)12-4-2-3-11(7-12)9-17/h2-8H,9H2,1H3,(H,19,20). The number of oxazole rings is 1. The lowest BCUT2D eigenvalue weighted by Gasteiger charge is -2.06. The molecular weight excluding hydrogens is 288 g/mol. The van der Waals surface area contributed by atoms with E-state index in [4.69, 9.17) is 16.0 Å². The Labute approximate surface area is 126 Å². The van der Waals surface area contributed by atoms with Gasteiger partial charge in [-0.2, -0.15) is 0 Å². The first-order valence-corrected chi connectivity index (χ1v) is 7.02. The maximum atomic E-state index is 12.2. The molecule has 0 bridgehead atoms. The quantitative estimate of drug-likeness (QED) is 0.740. The molecule has 21 heavy (non-hydrogen) atoms. The minimum absolute atomic E-state index is 0.179. The van der Waals surface area contributed by atoms with Crippen LogP contribution in [0.4, 0.5) is 5.69 Å². The summed E-state index contributed by atoms with van der Waals surface area (Å²) < 4.78 is 5.40. The summed E-state index contributed by atoms with van der Waals surface area (Å²) in [5, 5.41) is 2.85. The van der Waals surface area contributed by atoms with Gasteiger partial charge in [0.15, 0.2) is 11.5 Å². The van der Waals surface area contributed by atoms with Gasteiger partial charge < -0.3 is 9.73 Å². The number of alkyl halides is 1. The first-order chi connectivity index (χ1) is 10.2. The van der Waals surface area contributed by atoms with Crippen LogP contribution >= 0.6 is 11.6 Å². The summed E-state index contributed by atoms with van der Waals surface area (Å²) in [6.45, 7) is 1.79. The number of aromatic nitrogens is 1. The van der Waals surface area contributed by atoms with E-state index in [9.17, 15) is 4.79 Å². The van der Waals surface area contributed by atoms with E-state index >= 15 is 0 Å². The van der Waals surface area contributed by atoms with E-state index in [1.807, 2.05) is 12.1 Å². The Kier molecular flexibility index (Phi) is 3.62. The van der Waals surface area contributed by atoms with Gasteiger partial charge in [0.05, 0.1) is 0 Å². The molecule has 4 nitrogen and oxygen atoms in total. The van der Waals surface area contributed by atoms with E-state index < -0.39 is 0 Å². The number of carbonyl (C=O) groups is 1. The molecule has 0 saturated heterocycles. The fourth-order valence-electron chi connectivity index (χ4n) is 2.12. The van der Waals surface area contributed by atoms with Gasteiger partial charge in [-0.25, -0.2) is 4.98 Å². The van der Waals surface area contributed by atoms with Crippen molar-refractivity contribution >= 4 is 34.3 Å². The maximum Gasteiger partial charge on any atom is 0.255 e. The zero-order valence-corrected chi connectivity index (χ0v) is 12.1. The summed E-state index contributed by atoms with van der Waals surface area (Å²) in [5.41, 5.74) is 3.59. The number of fused-ring (bicyclic) bond motifs is 1. The molecule has 0 atom stereocenters. The second-order valence-electron chi connectivity index (χ2n) is 4.70. The largest absolute Gasteiger partial charge is 0.441 e. The first-order valence-electron chi connectivity index (χ1n) is 6.49. The van der Waals surface area contributed by atoms with Gasteiger partial charge in [-0.05, 0) is 35.9 Å². The minimum atomic E-state index is -0.179. The number of hydrogen-bond donors (Lipinski definition) is 1. The molecule has 2 aromatic carbocycles. The monoisotopic (exact) mass is 300 g/mol. The van der Waals surface area contributed by atoms with E-state index in [1.54, 1.807) is 37.3 Å². The SMILES string of the molecule is Cc1nc2cc(NC(=O)c3cccc(CCl)c3)ccc2o1. The van der Waals surface area contributed by atoms with Gasteiger partial charge in [-0.1, -0.05) is 12.1 Å². The number of aryl methyl sites for hydroxylation is 1. The van der Waals surface area contributed by atoms with E-state index in [0.29, 0.717) is 28.6 Å². The predicted molar refractivity (Wildman–Crippen MR) is 82.7 cm³/mol. The summed E-state index contributed by atoms with van der Waals surface area (Å²) >= 11 is 5.78. The highest BCUT2D eigenvalue weighted by molar-refractivity contribution is 6.17. The third-order valence-corrected chi connectivity index (χ3v) is 3.40. The number of carbonyl (C=O) groups excluding carboxylic acids is 1. The maximum absolute atomic E-state index is 12.2. The molecule has 0 unspecified atom stereocenters. The first kappa shape index (κ1) is 13.6. The Hall–Kier alpha value is -2.33. The molecule has 0 aliphatic carbocycles. The minimum Gasteiger partial charge on any atom is -0.441 e. The Balaban J connectivity index is 1.84. The van der Waals surface area contributed by atoms with Gasteiger partial charge in [0, 0.05) is 24.1 Å². The lowest BCUT2D eigenvalue weighted by Crippen LogP contribution is -2.11. The van der Waals surface area contributed by atoms with Gasteiger partial charge >= 0.3 is 0 Å². The van der Waals surface area contributed by atoms with Crippen molar-refractivity contribution in [2.24, 2.45) is 0 Å². The molecule has 0 fully saturated rings. The number of rotatable bonds is 3. The average molecular weight is 301 g/mol. The highest BCUT2D eigenvalue weighted by Gasteiger charge is 2.08. The second-order valence-corrected chi connectivity index (χ2v) is 4.97. The van der Waals surface area contributed by atoms with Crippen molar-refractivity contribution in [3.63, 3.8) is 0 Å². The van der Waals surface area contributed by atoms with E-state index in [2.05, 4.69) is 10.3 Å². The summed E-state index contributed by atoms with van der Waals surface area (Å²) in [4.78, 5) is 16.5. The summed E-state index contributed by atoms with van der Waals surface area (Å²) in [6.07, 6.45) is 0. The van der Waals surface area contributed by atoms with Crippen molar-refractivity contribution in [1.29, 1.82) is 0 Å². The van der Waals surface area contributed by atoms with E-state index in [1.165, 1.54) is 0 Å². The van der Waals surface area contributed by atoms with E-state index in [-0.39, 0.29) is 5.91 Å². The van der Waals surface area contributed by atoms with Crippen LogP contribution in [0.3, 0.4) is 0 Å². The lowest BCUT2D eigenvalue weighted by atomic mass is 10.1. The van der Waals surface area contributed by atoms with Crippen molar-refractivity contribution in [3.05, 3.63) is 59.5 Å². The molecule has 1 N–H and O–H groups in total. The average Bonchev–Trinajstić information content (AvgIpc) is 2.86. The Bertz CT molecular complexity index is 811. The highest BCUT2D eigenvalue weighted by atomic mass is 35.5. The van der Waals surface area contributed by atoms with Crippen molar-refractivity contribution < 1.29 is 9.21 Å². The number of hydrogen-bond acceptors (Lipinski definition) is 3. The van der Waals surface area contributed by atoms with Crippen LogP contribution in [0.5, 0.6) is 0 Å². The molecule has 1 aromatic heterocycles. The zero-order chi connectivity index (χ0) is 14.8. The molecule has 0 spiro atoms. The number of halogens is 1. The highest BCUT2D eigenvalue weighted by Crippen LogP contribution is 2.20. The molecule has 3 aromatic rings. The van der Waals surface area contributed by atoms with Crippen molar-refractivity contribution in [3.8, 4) is 0 Å². The fraction of sp³-hybridized carbons (Fsp3) is 0.125. The van der Waals surface area contributed by atoms with Crippen molar-refractivity contribution in [2.75, 3.05) is 5.32 Å². The molecule has 0 saturated carbocycles. The Morgan fingerprint density at radius 3 is 2.95 bits per heavy atom. The fourth-order valence-corrected chi connectivity index (χ4v) is 2.29. The number of anilines is 1. The molecular formula is C16H13ClN2O2. The molecule has 0 radical (unpaired) electrons. The van der Waals surface area contributed by atoms with E-state index in [0.717, 1.165) is 11.1 Å². The second kappa shape index (κ2) is 5.58. The zero-order valence-electron chi connectivity index (χ0n) is 11.4. The third kappa shape index (κ3) is 2.90. The molecule has 5 heteroatoms. The van der Waals surface area contributed by atoms with Gasteiger partial charge in [0.1, 0.15) is 5.52 Å². The summed E-state index contributed by atoms with van der Waals surface area (Å²) in [5.74, 6) is 0.801. The third-order valence-electron chi connectivity index (χ3n) is 3.10. The molecule has 106 valence electrons. The van der Waals surface area contributed by atoms with Crippen molar-refractivity contribution in [2.45, 2.75) is 12.8 Å². The number of benzene rings is 2.